The van der Waals surface area contributed by atoms with Crippen LogP contribution in [0.25, 0.3) is 0 Å². The number of alkyl halides is 6. The smallest absolute Gasteiger partial charge is 0.354 e. The molecule has 0 heterocycles. The second-order valence-electron chi connectivity index (χ2n) is 5.48. The van der Waals surface area contributed by atoms with Gasteiger partial charge >= 0.3 is 12.4 Å². The van der Waals surface area contributed by atoms with Crippen molar-refractivity contribution < 1.29 is 31.1 Å². The second-order valence-corrected chi connectivity index (χ2v) is 5.48. The average Bonchev–Trinajstić information content (AvgIpc) is 2.16. The van der Waals surface area contributed by atoms with Gasteiger partial charge in [-0.15, -0.1) is 0 Å². The zero-order valence-electron chi connectivity index (χ0n) is 11.4. The molecule has 120 valence electrons. The molecule has 0 unspecified atom stereocenters. The van der Waals surface area contributed by atoms with E-state index in [9.17, 15) is 26.3 Å². The maximum Gasteiger partial charge on any atom is 0.423 e. The first-order valence-corrected chi connectivity index (χ1v) is 6.51. The van der Waals surface area contributed by atoms with Gasteiger partial charge in [0.2, 0.25) is 6.10 Å². The molecule has 0 saturated heterocycles. The third-order valence-electron chi connectivity index (χ3n) is 3.36. The van der Waals surface area contributed by atoms with Gasteiger partial charge < -0.3 is 10.1 Å². The molecular formula is C12H19F6NO. The topological polar surface area (TPSA) is 21.3 Å². The Morgan fingerprint density at radius 2 is 1.55 bits per heavy atom. The Labute approximate surface area is 113 Å². The van der Waals surface area contributed by atoms with Crippen LogP contribution < -0.4 is 5.32 Å². The lowest BCUT2D eigenvalue weighted by Crippen LogP contribution is -2.54. The largest absolute Gasteiger partial charge is 0.423 e. The quantitative estimate of drug-likeness (QED) is 0.754. The van der Waals surface area contributed by atoms with Crippen LogP contribution in [0.5, 0.6) is 0 Å². The predicted octanol–water partition coefficient (Wildman–Crippen LogP) is 3.81. The van der Waals surface area contributed by atoms with E-state index in [0.29, 0.717) is 13.0 Å². The molecule has 0 bridgehead atoms. The van der Waals surface area contributed by atoms with E-state index in [-0.39, 0.29) is 25.3 Å². The van der Waals surface area contributed by atoms with E-state index >= 15 is 0 Å². The first-order chi connectivity index (χ1) is 8.96. The molecule has 0 aromatic rings. The third kappa shape index (κ3) is 4.80. The van der Waals surface area contributed by atoms with Gasteiger partial charge in [0.1, 0.15) is 0 Å². The van der Waals surface area contributed by atoms with Gasteiger partial charge in [0.05, 0.1) is 5.60 Å². The van der Waals surface area contributed by atoms with Crippen LogP contribution in [-0.2, 0) is 4.74 Å². The molecule has 1 aliphatic carbocycles. The minimum atomic E-state index is -5.44. The Kier molecular flexibility index (Phi) is 5.34. The molecule has 1 saturated carbocycles. The molecule has 2 nitrogen and oxygen atoms in total. The third-order valence-corrected chi connectivity index (χ3v) is 3.36. The first-order valence-electron chi connectivity index (χ1n) is 6.51. The lowest BCUT2D eigenvalue weighted by molar-refractivity contribution is -0.353. The van der Waals surface area contributed by atoms with Crippen LogP contribution >= 0.6 is 0 Å². The van der Waals surface area contributed by atoms with Crippen LogP contribution in [0.2, 0.25) is 0 Å². The van der Waals surface area contributed by atoms with Crippen molar-refractivity contribution in [2.75, 3.05) is 6.54 Å². The minimum Gasteiger partial charge on any atom is -0.354 e. The van der Waals surface area contributed by atoms with Crippen molar-refractivity contribution in [1.82, 2.24) is 5.32 Å². The number of ether oxygens (including phenoxy) is 1. The number of hydrogen-bond donors (Lipinski definition) is 1. The fourth-order valence-corrected chi connectivity index (χ4v) is 2.16. The number of halogens is 6. The monoisotopic (exact) mass is 307 g/mol. The van der Waals surface area contributed by atoms with Crippen LogP contribution in [-0.4, -0.2) is 36.6 Å². The summed E-state index contributed by atoms with van der Waals surface area (Å²) >= 11 is 0. The Balaban J connectivity index is 2.69. The van der Waals surface area contributed by atoms with Gasteiger partial charge in [-0.2, -0.15) is 26.3 Å². The Morgan fingerprint density at radius 3 is 1.85 bits per heavy atom. The van der Waals surface area contributed by atoms with Gasteiger partial charge in [-0.05, 0) is 32.2 Å². The Morgan fingerprint density at radius 1 is 1.05 bits per heavy atom. The molecule has 1 aliphatic rings. The summed E-state index contributed by atoms with van der Waals surface area (Å²) in [6.45, 7) is 4.03. The summed E-state index contributed by atoms with van der Waals surface area (Å²) in [4.78, 5) is 0. The van der Waals surface area contributed by atoms with Gasteiger partial charge in [0.25, 0.3) is 0 Å². The number of hydrogen-bond acceptors (Lipinski definition) is 2. The molecule has 20 heavy (non-hydrogen) atoms. The fraction of sp³-hybridized carbons (Fsp3) is 1.00. The Bertz CT molecular complexity index is 294. The van der Waals surface area contributed by atoms with Crippen molar-refractivity contribution in [3.8, 4) is 0 Å². The highest BCUT2D eigenvalue weighted by Gasteiger charge is 2.61. The van der Waals surface area contributed by atoms with Crippen LogP contribution in [0.3, 0.4) is 0 Å². The molecule has 0 aromatic carbocycles. The highest BCUT2D eigenvalue weighted by Crippen LogP contribution is 2.45. The average molecular weight is 307 g/mol. The van der Waals surface area contributed by atoms with Crippen molar-refractivity contribution in [2.24, 2.45) is 0 Å². The van der Waals surface area contributed by atoms with Crippen molar-refractivity contribution in [2.45, 2.75) is 69.6 Å². The molecule has 0 radical (unpaired) electrons. The normalized spacial score (nSPS) is 19.5. The number of rotatable bonds is 6. The first kappa shape index (κ1) is 17.6. The van der Waals surface area contributed by atoms with E-state index in [0.717, 1.165) is 0 Å². The van der Waals surface area contributed by atoms with E-state index < -0.39 is 24.1 Å². The molecule has 1 rings (SSSR count). The number of nitrogens with one attached hydrogen (secondary N) is 1. The van der Waals surface area contributed by atoms with Gasteiger partial charge in [-0.25, -0.2) is 0 Å². The van der Waals surface area contributed by atoms with Crippen LogP contribution in [0.4, 0.5) is 26.3 Å². The molecule has 1 N–H and O–H groups in total. The summed E-state index contributed by atoms with van der Waals surface area (Å²) in [5.41, 5.74) is -1.31. The van der Waals surface area contributed by atoms with E-state index in [1.807, 2.05) is 13.8 Å². The van der Waals surface area contributed by atoms with Gasteiger partial charge in [-0.1, -0.05) is 13.8 Å². The van der Waals surface area contributed by atoms with Crippen LogP contribution in [0, 0.1) is 0 Å². The molecule has 0 amide bonds. The molecular weight excluding hydrogens is 288 g/mol. The molecule has 0 atom stereocenters. The predicted molar refractivity (Wildman–Crippen MR) is 61.3 cm³/mol. The minimum absolute atomic E-state index is 0.119. The van der Waals surface area contributed by atoms with E-state index in [1.54, 1.807) is 0 Å². The lowest BCUT2D eigenvalue weighted by Gasteiger charge is -2.44. The van der Waals surface area contributed by atoms with E-state index in [2.05, 4.69) is 10.1 Å². The molecule has 0 aromatic heterocycles. The maximum atomic E-state index is 12.5. The highest BCUT2D eigenvalue weighted by molar-refractivity contribution is 4.93. The van der Waals surface area contributed by atoms with Gasteiger partial charge in [0.15, 0.2) is 0 Å². The molecule has 1 fully saturated rings. The lowest BCUT2D eigenvalue weighted by atomic mass is 9.77. The zero-order valence-corrected chi connectivity index (χ0v) is 11.4. The standard InChI is InChI=1S/C12H19F6NO/c1-8(2)19-7-6-10(4-3-5-10)20-9(11(13,14)15)12(16,17)18/h8-9,19H,3-7H2,1-2H3. The maximum absolute atomic E-state index is 12.5. The van der Waals surface area contributed by atoms with Crippen molar-refractivity contribution in [3.63, 3.8) is 0 Å². The van der Waals surface area contributed by atoms with Gasteiger partial charge in [0, 0.05) is 6.04 Å². The SMILES string of the molecule is CC(C)NCCC1(OC(C(F)(F)F)C(F)(F)F)CCC1. The van der Waals surface area contributed by atoms with Crippen molar-refractivity contribution in [1.29, 1.82) is 0 Å². The second kappa shape index (κ2) is 6.09. The Hall–Kier alpha value is -0.500. The summed E-state index contributed by atoms with van der Waals surface area (Å²) in [6, 6.07) is 0.119. The van der Waals surface area contributed by atoms with E-state index in [4.69, 9.17) is 0 Å². The summed E-state index contributed by atoms with van der Waals surface area (Å²) in [5.74, 6) is 0. The van der Waals surface area contributed by atoms with Gasteiger partial charge in [-0.3, -0.25) is 0 Å². The van der Waals surface area contributed by atoms with Crippen LogP contribution in [0.15, 0.2) is 0 Å². The van der Waals surface area contributed by atoms with Crippen molar-refractivity contribution >= 4 is 0 Å². The zero-order chi connectivity index (χ0) is 15.6. The summed E-state index contributed by atoms with van der Waals surface area (Å²) < 4.78 is 79.5. The van der Waals surface area contributed by atoms with E-state index in [1.165, 1.54) is 0 Å². The fourth-order valence-electron chi connectivity index (χ4n) is 2.16. The highest BCUT2D eigenvalue weighted by atomic mass is 19.4. The van der Waals surface area contributed by atoms with Crippen LogP contribution in [0.1, 0.15) is 39.5 Å². The van der Waals surface area contributed by atoms with Crippen molar-refractivity contribution in [3.05, 3.63) is 0 Å². The molecule has 0 aliphatic heterocycles. The summed E-state index contributed by atoms with van der Waals surface area (Å²) in [6.07, 6.45) is -13.4. The molecule has 8 heteroatoms. The summed E-state index contributed by atoms with van der Waals surface area (Å²) in [7, 11) is 0. The molecule has 0 spiro atoms. The summed E-state index contributed by atoms with van der Waals surface area (Å²) in [5, 5.41) is 2.98.